The maximum absolute atomic E-state index is 14.8. The number of thioether (sulfide) groups is 1. The summed E-state index contributed by atoms with van der Waals surface area (Å²) >= 11 is 8.27. The third kappa shape index (κ3) is 4.10. The molecule has 0 saturated carbocycles. The number of hydrogen-bond donors (Lipinski definition) is 0. The van der Waals surface area contributed by atoms with Gasteiger partial charge in [0.2, 0.25) is 5.91 Å². The van der Waals surface area contributed by atoms with E-state index >= 15 is 0 Å². The molecule has 2 aliphatic rings. The maximum Gasteiger partial charge on any atom is 0.350 e. The van der Waals surface area contributed by atoms with Gasteiger partial charge in [-0.3, -0.25) is 9.36 Å². The highest BCUT2D eigenvalue weighted by atomic mass is 35.5. The SMILES string of the molecule is C=CC(=O)N1CCN(c2nc(=O)n3c4c(c(-c5ccc(F)cc5F)c(Cl)cc24)SCCC3)C(C)C1. The van der Waals surface area contributed by atoms with Crippen molar-refractivity contribution in [3.63, 3.8) is 0 Å². The topological polar surface area (TPSA) is 58.4 Å². The summed E-state index contributed by atoms with van der Waals surface area (Å²) in [5.41, 5.74) is 0.900. The van der Waals surface area contributed by atoms with Crippen LogP contribution in [0.4, 0.5) is 14.6 Å². The van der Waals surface area contributed by atoms with Gasteiger partial charge in [-0.05, 0) is 43.4 Å². The first-order chi connectivity index (χ1) is 16.8. The summed E-state index contributed by atoms with van der Waals surface area (Å²) in [6.45, 7) is 7.43. The first-order valence-corrected chi connectivity index (χ1v) is 12.7. The minimum absolute atomic E-state index is 0.104. The average Bonchev–Trinajstić information content (AvgIpc) is 3.05. The Balaban J connectivity index is 1.73. The van der Waals surface area contributed by atoms with Crippen LogP contribution in [0.15, 0.2) is 46.6 Å². The Hall–Kier alpha value is -2.91. The molecule has 1 atom stereocenters. The summed E-state index contributed by atoms with van der Waals surface area (Å²) in [6.07, 6.45) is 2.03. The highest BCUT2D eigenvalue weighted by molar-refractivity contribution is 7.99. The van der Waals surface area contributed by atoms with Crippen LogP contribution in [0.2, 0.25) is 5.02 Å². The van der Waals surface area contributed by atoms with Crippen LogP contribution in [0.25, 0.3) is 22.0 Å². The number of benzene rings is 2. The Morgan fingerprint density at radius 1 is 1.26 bits per heavy atom. The summed E-state index contributed by atoms with van der Waals surface area (Å²) in [5.74, 6) is -0.319. The maximum atomic E-state index is 14.8. The summed E-state index contributed by atoms with van der Waals surface area (Å²) in [7, 11) is 0. The number of carbonyl (C=O) groups is 1. The molecule has 1 aromatic heterocycles. The number of rotatable bonds is 3. The highest BCUT2D eigenvalue weighted by Crippen LogP contribution is 2.46. The molecule has 10 heteroatoms. The lowest BCUT2D eigenvalue weighted by atomic mass is 10.0. The Morgan fingerprint density at radius 2 is 2.06 bits per heavy atom. The molecule has 1 amide bonds. The van der Waals surface area contributed by atoms with Gasteiger partial charge in [-0.2, -0.15) is 4.98 Å². The van der Waals surface area contributed by atoms with Gasteiger partial charge in [0.15, 0.2) is 0 Å². The normalized spacial score (nSPS) is 18.0. The van der Waals surface area contributed by atoms with Gasteiger partial charge in [0, 0.05) is 59.7 Å². The van der Waals surface area contributed by atoms with Crippen molar-refractivity contribution in [2.24, 2.45) is 0 Å². The second-order valence-electron chi connectivity index (χ2n) is 8.69. The van der Waals surface area contributed by atoms with E-state index in [1.807, 2.05) is 11.8 Å². The fraction of sp³-hybridized carbons (Fsp3) is 0.320. The minimum atomic E-state index is -0.716. The van der Waals surface area contributed by atoms with Crippen molar-refractivity contribution in [2.45, 2.75) is 30.8 Å². The van der Waals surface area contributed by atoms with E-state index in [-0.39, 0.29) is 23.2 Å². The predicted molar refractivity (Wildman–Crippen MR) is 135 cm³/mol. The molecular weight excluding hydrogens is 494 g/mol. The van der Waals surface area contributed by atoms with E-state index in [9.17, 15) is 18.4 Å². The van der Waals surface area contributed by atoms with E-state index in [0.717, 1.165) is 12.5 Å². The molecule has 2 aliphatic heterocycles. The number of halogens is 3. The first-order valence-electron chi connectivity index (χ1n) is 11.3. The number of carbonyl (C=O) groups excluding carboxylic acids is 1. The van der Waals surface area contributed by atoms with E-state index in [1.54, 1.807) is 15.5 Å². The Kier molecular flexibility index (Phi) is 6.31. The number of piperazine rings is 1. The molecule has 0 radical (unpaired) electrons. The predicted octanol–water partition coefficient (Wildman–Crippen LogP) is 4.71. The van der Waals surface area contributed by atoms with Crippen LogP contribution in [-0.4, -0.2) is 51.8 Å². The van der Waals surface area contributed by atoms with E-state index in [4.69, 9.17) is 11.6 Å². The van der Waals surface area contributed by atoms with Gasteiger partial charge in [-0.1, -0.05) is 18.2 Å². The van der Waals surface area contributed by atoms with Gasteiger partial charge in [0.1, 0.15) is 17.5 Å². The number of hydrogen-bond acceptors (Lipinski definition) is 5. The lowest BCUT2D eigenvalue weighted by molar-refractivity contribution is -0.126. The average molecular weight is 517 g/mol. The van der Waals surface area contributed by atoms with Crippen molar-refractivity contribution in [3.05, 3.63) is 64.1 Å². The molecule has 6 nitrogen and oxygen atoms in total. The van der Waals surface area contributed by atoms with Crippen LogP contribution in [0.5, 0.6) is 0 Å². The minimum Gasteiger partial charge on any atom is -0.350 e. The van der Waals surface area contributed by atoms with Crippen LogP contribution >= 0.6 is 23.4 Å². The summed E-state index contributed by atoms with van der Waals surface area (Å²) < 4.78 is 30.1. The van der Waals surface area contributed by atoms with E-state index in [1.165, 1.54) is 30.0 Å². The molecule has 0 bridgehead atoms. The molecule has 182 valence electrons. The van der Waals surface area contributed by atoms with E-state index in [0.29, 0.717) is 64.1 Å². The van der Waals surface area contributed by atoms with Crippen LogP contribution < -0.4 is 10.6 Å². The standard InChI is InChI=1S/C25H23ClF2N4O2S/c1-3-20(33)30-8-9-31(14(2)13-30)24-17-12-18(26)21(16-6-5-15(27)11-19(16)28)23-22(17)32(25(34)29-24)7-4-10-35-23/h3,5-6,11-12,14H,1,4,7-10,13H2,2H3. The molecule has 0 aliphatic carbocycles. The smallest absolute Gasteiger partial charge is 0.350 e. The van der Waals surface area contributed by atoms with Crippen LogP contribution in [-0.2, 0) is 11.3 Å². The van der Waals surface area contributed by atoms with Crippen molar-refractivity contribution in [3.8, 4) is 11.1 Å². The Labute approximate surface area is 210 Å². The Bertz CT molecular complexity index is 1430. The van der Waals surface area contributed by atoms with Crippen molar-refractivity contribution in [1.82, 2.24) is 14.5 Å². The van der Waals surface area contributed by atoms with Gasteiger partial charge < -0.3 is 9.80 Å². The molecule has 3 heterocycles. The molecule has 3 aromatic rings. The van der Waals surface area contributed by atoms with Gasteiger partial charge in [0.25, 0.3) is 0 Å². The molecule has 35 heavy (non-hydrogen) atoms. The highest BCUT2D eigenvalue weighted by Gasteiger charge is 2.31. The molecular formula is C25H23ClF2N4O2S. The summed E-state index contributed by atoms with van der Waals surface area (Å²) in [6, 6.07) is 5.02. The lowest BCUT2D eigenvalue weighted by Crippen LogP contribution is -2.54. The summed E-state index contributed by atoms with van der Waals surface area (Å²) in [5, 5.41) is 0.995. The van der Waals surface area contributed by atoms with E-state index < -0.39 is 11.6 Å². The lowest BCUT2D eigenvalue weighted by Gasteiger charge is -2.40. The third-order valence-electron chi connectivity index (χ3n) is 6.51. The van der Waals surface area contributed by atoms with E-state index in [2.05, 4.69) is 11.6 Å². The number of amides is 1. The molecule has 0 spiro atoms. The van der Waals surface area contributed by atoms with Gasteiger partial charge in [0.05, 0.1) is 10.5 Å². The summed E-state index contributed by atoms with van der Waals surface area (Å²) in [4.78, 5) is 34.2. The van der Waals surface area contributed by atoms with Gasteiger partial charge in [-0.15, -0.1) is 11.8 Å². The monoisotopic (exact) mass is 516 g/mol. The second kappa shape index (κ2) is 9.28. The second-order valence-corrected chi connectivity index (χ2v) is 10.2. The molecule has 1 fully saturated rings. The van der Waals surface area contributed by atoms with Crippen molar-refractivity contribution >= 4 is 46.0 Å². The van der Waals surface area contributed by atoms with Gasteiger partial charge in [-0.25, -0.2) is 13.6 Å². The molecule has 5 rings (SSSR count). The van der Waals surface area contributed by atoms with Gasteiger partial charge >= 0.3 is 5.69 Å². The quantitative estimate of drug-likeness (QED) is 0.472. The van der Waals surface area contributed by atoms with Crippen LogP contribution in [0.1, 0.15) is 13.3 Å². The first kappa shape index (κ1) is 23.8. The molecule has 2 aromatic carbocycles. The largest absolute Gasteiger partial charge is 0.350 e. The van der Waals surface area contributed by atoms with Crippen LogP contribution in [0, 0.1) is 11.6 Å². The zero-order chi connectivity index (χ0) is 24.9. The van der Waals surface area contributed by atoms with Crippen molar-refractivity contribution in [2.75, 3.05) is 30.3 Å². The fourth-order valence-electron chi connectivity index (χ4n) is 4.87. The number of aryl methyl sites for hydroxylation is 1. The zero-order valence-electron chi connectivity index (χ0n) is 19.1. The molecule has 1 unspecified atom stereocenters. The Morgan fingerprint density at radius 3 is 2.77 bits per heavy atom. The van der Waals surface area contributed by atoms with Crippen LogP contribution in [0.3, 0.4) is 0 Å². The molecule has 0 N–H and O–H groups in total. The van der Waals surface area contributed by atoms with Crippen molar-refractivity contribution in [1.29, 1.82) is 0 Å². The van der Waals surface area contributed by atoms with Crippen molar-refractivity contribution < 1.29 is 13.6 Å². The number of aromatic nitrogens is 2. The number of nitrogens with zero attached hydrogens (tertiary/aromatic N) is 4. The fourth-order valence-corrected chi connectivity index (χ4v) is 6.43. The zero-order valence-corrected chi connectivity index (χ0v) is 20.6. The molecule has 1 saturated heterocycles. The number of anilines is 1. The third-order valence-corrected chi connectivity index (χ3v) is 7.99.